The molecule has 0 spiro atoms. The summed E-state index contributed by atoms with van der Waals surface area (Å²) in [5, 5.41) is 0. The lowest BCUT2D eigenvalue weighted by molar-refractivity contribution is 0.660. The topological polar surface area (TPSA) is 3.24 Å². The van der Waals surface area contributed by atoms with Crippen molar-refractivity contribution in [3.05, 3.63) is 172 Å². The maximum atomic E-state index is 2.49. The van der Waals surface area contributed by atoms with Crippen LogP contribution in [0.3, 0.4) is 0 Å². The summed E-state index contributed by atoms with van der Waals surface area (Å²) in [4.78, 5) is 2.49. The smallest absolute Gasteiger partial charge is 0.0543 e. The van der Waals surface area contributed by atoms with Crippen LogP contribution in [0.2, 0.25) is 0 Å². The fourth-order valence-corrected chi connectivity index (χ4v) is 7.71. The molecule has 1 heteroatoms. The van der Waals surface area contributed by atoms with Gasteiger partial charge in [0.25, 0.3) is 0 Å². The Bertz CT molecular complexity index is 2120. The second-order valence-corrected chi connectivity index (χ2v) is 14.5. The van der Waals surface area contributed by atoms with E-state index in [-0.39, 0.29) is 10.8 Å². The van der Waals surface area contributed by atoms with Crippen molar-refractivity contribution in [1.29, 1.82) is 0 Å². The van der Waals surface area contributed by atoms with Gasteiger partial charge in [-0.1, -0.05) is 125 Å². The van der Waals surface area contributed by atoms with Crippen molar-refractivity contribution in [2.45, 2.75) is 66.2 Å². The minimum atomic E-state index is -0.0516. The summed E-state index contributed by atoms with van der Waals surface area (Å²) in [6, 6.07) is 47.0. The van der Waals surface area contributed by atoms with Gasteiger partial charge >= 0.3 is 0 Å². The number of anilines is 3. The maximum absolute atomic E-state index is 2.49. The zero-order valence-corrected chi connectivity index (χ0v) is 29.1. The fraction of sp³-hybridized carbons (Fsp3) is 0.217. The monoisotopic (exact) mass is 611 g/mol. The van der Waals surface area contributed by atoms with Crippen molar-refractivity contribution in [3.8, 4) is 22.3 Å². The van der Waals surface area contributed by atoms with Crippen molar-refractivity contribution < 1.29 is 0 Å². The minimum absolute atomic E-state index is 0.0433. The van der Waals surface area contributed by atoms with Crippen LogP contribution in [0.5, 0.6) is 0 Å². The summed E-state index contributed by atoms with van der Waals surface area (Å²) in [5.41, 5.74) is 19.9. The number of aryl methyl sites for hydroxylation is 4. The molecular weight excluding hydrogens is 567 g/mol. The molecule has 0 bridgehead atoms. The average Bonchev–Trinajstić information content (AvgIpc) is 3.45. The van der Waals surface area contributed by atoms with Crippen LogP contribution in [-0.4, -0.2) is 0 Å². The highest BCUT2D eigenvalue weighted by molar-refractivity contribution is 5.95. The van der Waals surface area contributed by atoms with Gasteiger partial charge in [0.1, 0.15) is 0 Å². The molecule has 0 amide bonds. The minimum Gasteiger partial charge on any atom is -0.310 e. The van der Waals surface area contributed by atoms with E-state index >= 15 is 0 Å². The molecule has 0 unspecified atom stereocenters. The summed E-state index contributed by atoms with van der Waals surface area (Å²) >= 11 is 0. The Morgan fingerprint density at radius 3 is 1.53 bits per heavy atom. The highest BCUT2D eigenvalue weighted by Gasteiger charge is 2.39. The third-order valence-corrected chi connectivity index (χ3v) is 10.8. The molecule has 2 aliphatic rings. The third-order valence-electron chi connectivity index (χ3n) is 10.8. The van der Waals surface area contributed by atoms with E-state index in [4.69, 9.17) is 0 Å². The Hall–Kier alpha value is -4.88. The molecule has 234 valence electrons. The summed E-state index contributed by atoms with van der Waals surface area (Å²) < 4.78 is 0. The summed E-state index contributed by atoms with van der Waals surface area (Å²) in [6.07, 6.45) is 0. The molecule has 0 heterocycles. The molecular formula is C46H45N. The maximum Gasteiger partial charge on any atom is 0.0543 e. The molecule has 1 nitrogen and oxygen atoms in total. The summed E-state index contributed by atoms with van der Waals surface area (Å²) in [5.74, 6) is 0. The Morgan fingerprint density at radius 2 is 0.872 bits per heavy atom. The largest absolute Gasteiger partial charge is 0.310 e. The molecule has 2 aliphatic carbocycles. The second kappa shape index (κ2) is 11.4. The van der Waals surface area contributed by atoms with Crippen molar-refractivity contribution >= 4 is 17.1 Å². The van der Waals surface area contributed by atoms with Gasteiger partial charge in [-0.25, -0.2) is 0 Å². The average molecular weight is 612 g/mol. The fourth-order valence-electron chi connectivity index (χ4n) is 7.71. The quantitative estimate of drug-likeness (QED) is 0.192. The van der Waals surface area contributed by atoms with E-state index in [2.05, 4.69) is 188 Å². The molecule has 0 atom stereocenters. The molecule has 0 N–H and O–H groups in total. The van der Waals surface area contributed by atoms with E-state index in [0.717, 1.165) is 0 Å². The van der Waals surface area contributed by atoms with Gasteiger partial charge in [0.05, 0.1) is 5.69 Å². The Kier molecular flexibility index (Phi) is 7.48. The van der Waals surface area contributed by atoms with Crippen LogP contribution >= 0.6 is 0 Å². The number of hydrogen-bond donors (Lipinski definition) is 0. The Labute approximate surface area is 281 Å². The first-order valence-electron chi connectivity index (χ1n) is 16.9. The Morgan fingerprint density at radius 1 is 0.383 bits per heavy atom. The number of rotatable bonds is 3. The SMILES string of the molecule is Cc1ccc(N(c2ccc3c(c2)C(C)(C)c2ccccc2-3)c2cccc3c2-c2ccccc2C3(C)C)cc1C.Cc1ccccc1C. The van der Waals surface area contributed by atoms with Gasteiger partial charge in [0, 0.05) is 27.8 Å². The zero-order chi connectivity index (χ0) is 33.1. The predicted octanol–water partition coefficient (Wildman–Crippen LogP) is 12.7. The number of benzene rings is 6. The van der Waals surface area contributed by atoms with Crippen molar-refractivity contribution in [3.63, 3.8) is 0 Å². The molecule has 0 fully saturated rings. The van der Waals surface area contributed by atoms with E-state index in [1.165, 1.54) is 83.8 Å². The van der Waals surface area contributed by atoms with Gasteiger partial charge in [0.15, 0.2) is 0 Å². The third kappa shape index (κ3) is 5.01. The van der Waals surface area contributed by atoms with E-state index in [9.17, 15) is 0 Å². The van der Waals surface area contributed by atoms with E-state index in [0.29, 0.717) is 0 Å². The normalized spacial score (nSPS) is 14.3. The second-order valence-electron chi connectivity index (χ2n) is 14.5. The summed E-state index contributed by atoms with van der Waals surface area (Å²) in [7, 11) is 0. The van der Waals surface area contributed by atoms with Crippen LogP contribution in [0.15, 0.2) is 127 Å². The number of fused-ring (bicyclic) bond motifs is 6. The van der Waals surface area contributed by atoms with Crippen molar-refractivity contribution in [1.82, 2.24) is 0 Å². The standard InChI is InChI=1S/C38H35N.C8H10/c1-24-18-19-26(22-25(24)2)39(27-20-21-29-28-12-7-9-14-31(28)38(5,6)34(29)23-27)35-17-11-16-33-36(35)30-13-8-10-15-32(30)37(33,3)4;1-7-5-3-4-6-8(7)2/h7-23H,1-6H3;3-6H,1-2H3. The molecule has 0 radical (unpaired) electrons. The molecule has 0 aliphatic heterocycles. The molecule has 0 saturated heterocycles. The van der Waals surface area contributed by atoms with Crippen LogP contribution in [0.25, 0.3) is 22.3 Å². The van der Waals surface area contributed by atoms with Gasteiger partial charge in [0.2, 0.25) is 0 Å². The molecule has 8 rings (SSSR count). The lowest BCUT2D eigenvalue weighted by Gasteiger charge is -2.30. The van der Waals surface area contributed by atoms with Crippen LogP contribution < -0.4 is 4.90 Å². The van der Waals surface area contributed by atoms with Gasteiger partial charge in [-0.05, 0) is 119 Å². The first kappa shape index (κ1) is 30.8. The zero-order valence-electron chi connectivity index (χ0n) is 29.1. The van der Waals surface area contributed by atoms with Crippen LogP contribution in [-0.2, 0) is 10.8 Å². The number of hydrogen-bond acceptors (Lipinski definition) is 1. The van der Waals surface area contributed by atoms with Crippen molar-refractivity contribution in [2.75, 3.05) is 4.90 Å². The molecule has 47 heavy (non-hydrogen) atoms. The van der Waals surface area contributed by atoms with Gasteiger partial charge in [-0.3, -0.25) is 0 Å². The molecule has 0 saturated carbocycles. The Balaban J connectivity index is 0.000000386. The summed E-state index contributed by atoms with van der Waals surface area (Å²) in [6.45, 7) is 18.1. The first-order valence-corrected chi connectivity index (χ1v) is 16.9. The highest BCUT2D eigenvalue weighted by atomic mass is 15.1. The number of nitrogens with zero attached hydrogens (tertiary/aromatic N) is 1. The van der Waals surface area contributed by atoms with E-state index in [1.807, 2.05) is 0 Å². The van der Waals surface area contributed by atoms with Crippen LogP contribution in [0, 0.1) is 27.7 Å². The predicted molar refractivity (Wildman–Crippen MR) is 202 cm³/mol. The van der Waals surface area contributed by atoms with E-state index < -0.39 is 0 Å². The van der Waals surface area contributed by atoms with Crippen LogP contribution in [0.4, 0.5) is 17.1 Å². The van der Waals surface area contributed by atoms with Crippen molar-refractivity contribution in [2.24, 2.45) is 0 Å². The molecule has 6 aromatic carbocycles. The van der Waals surface area contributed by atoms with Crippen LogP contribution in [0.1, 0.15) is 72.2 Å². The first-order chi connectivity index (χ1) is 22.5. The van der Waals surface area contributed by atoms with Gasteiger partial charge in [-0.15, -0.1) is 0 Å². The highest BCUT2D eigenvalue weighted by Crippen LogP contribution is 2.55. The van der Waals surface area contributed by atoms with E-state index in [1.54, 1.807) is 0 Å². The lowest BCUT2D eigenvalue weighted by atomic mass is 9.82. The molecule has 6 aromatic rings. The molecule has 0 aromatic heterocycles. The lowest BCUT2D eigenvalue weighted by Crippen LogP contribution is -2.17. The van der Waals surface area contributed by atoms with Gasteiger partial charge < -0.3 is 4.90 Å². The van der Waals surface area contributed by atoms with Gasteiger partial charge in [-0.2, -0.15) is 0 Å².